The van der Waals surface area contributed by atoms with Gasteiger partial charge in [0, 0.05) is 25.7 Å². The van der Waals surface area contributed by atoms with E-state index in [1.807, 2.05) is 0 Å². The Bertz CT molecular complexity index is 1840. The number of phosphoric ester groups is 2. The highest BCUT2D eigenvalue weighted by Crippen LogP contribution is 2.45. The average Bonchev–Trinajstić information content (AvgIpc) is 1.51. The highest BCUT2D eigenvalue weighted by atomic mass is 31.2. The number of unbranched alkanes of at least 4 members (excludes halogenated alkanes) is 48. The fraction of sp³-hybridized carbons (Fsp3) is 0.948. The number of esters is 4. The summed E-state index contributed by atoms with van der Waals surface area (Å²) in [7, 11) is -9.91. The van der Waals surface area contributed by atoms with Gasteiger partial charge in [-0.1, -0.05) is 356 Å². The van der Waals surface area contributed by atoms with Gasteiger partial charge in [-0.2, -0.15) is 0 Å². The summed E-state index contributed by atoms with van der Waals surface area (Å²) in [6.07, 6.45) is 59.8. The van der Waals surface area contributed by atoms with E-state index in [0.717, 1.165) is 95.8 Å². The third kappa shape index (κ3) is 69.2. The molecule has 0 aromatic heterocycles. The van der Waals surface area contributed by atoms with Gasteiger partial charge in [0.2, 0.25) is 0 Å². The van der Waals surface area contributed by atoms with Crippen LogP contribution in [0.2, 0.25) is 0 Å². The SMILES string of the molecule is CCCCCCCCCCCCCCCCCCCCCC(=O)O[C@H](COC(=O)CCCCCCCCCCCCCCCCCCCC)COP(=O)(O)OC[C@@H](O)COP(=O)(O)OC[C@@H](COC(=O)CCCCCCCCCCC)OC(=O)CCCCCCCCC(C)CC. The first-order valence-corrected chi connectivity index (χ1v) is 43.2. The molecule has 17 nitrogen and oxygen atoms in total. The molecule has 0 aromatic carbocycles. The van der Waals surface area contributed by atoms with E-state index in [2.05, 4.69) is 34.6 Å². The van der Waals surface area contributed by atoms with Gasteiger partial charge in [-0.25, -0.2) is 9.13 Å². The zero-order valence-corrected chi connectivity index (χ0v) is 64.3. The minimum atomic E-state index is -4.96. The normalized spacial score (nSPS) is 14.2. The standard InChI is InChI=1S/C77H150O17P2/c1-6-10-13-16-19-22-24-26-28-30-32-34-36-38-40-43-46-52-57-62-76(81)93-72(66-88-75(80)61-56-51-45-42-39-37-35-33-31-29-27-25-23-20-17-14-11-7-2)68-91-95(83,84)89-64-71(78)65-90-96(85,86)92-69-73(67-87-74(79)60-55-50-44-41-21-18-15-12-8-3)94-77(82)63-58-53-48-47-49-54-59-70(5)9-4/h70-73,78H,6-69H2,1-5H3,(H,83,84)(H,85,86)/t70?,71-,72-,73-/m1/s1. The van der Waals surface area contributed by atoms with Crippen LogP contribution in [0.4, 0.5) is 0 Å². The van der Waals surface area contributed by atoms with Crippen LogP contribution in [0.5, 0.6) is 0 Å². The van der Waals surface area contributed by atoms with Crippen molar-refractivity contribution in [3.05, 3.63) is 0 Å². The lowest BCUT2D eigenvalue weighted by molar-refractivity contribution is -0.161. The molecule has 3 N–H and O–H groups in total. The number of hydrogen-bond acceptors (Lipinski definition) is 15. The van der Waals surface area contributed by atoms with Crippen LogP contribution in [-0.2, 0) is 65.4 Å². The first-order valence-electron chi connectivity index (χ1n) is 40.2. The smallest absolute Gasteiger partial charge is 0.462 e. The van der Waals surface area contributed by atoms with E-state index >= 15 is 0 Å². The highest BCUT2D eigenvalue weighted by Gasteiger charge is 2.30. The first-order chi connectivity index (χ1) is 46.6. The van der Waals surface area contributed by atoms with Gasteiger partial charge >= 0.3 is 39.5 Å². The second-order valence-corrected chi connectivity index (χ2v) is 30.9. The minimum absolute atomic E-state index is 0.103. The van der Waals surface area contributed by atoms with E-state index in [9.17, 15) is 43.2 Å². The highest BCUT2D eigenvalue weighted by molar-refractivity contribution is 7.47. The van der Waals surface area contributed by atoms with Gasteiger partial charge in [-0.15, -0.1) is 0 Å². The summed E-state index contributed by atoms with van der Waals surface area (Å²) >= 11 is 0. The van der Waals surface area contributed by atoms with Gasteiger partial charge in [0.1, 0.15) is 19.3 Å². The van der Waals surface area contributed by atoms with Crippen molar-refractivity contribution in [2.24, 2.45) is 5.92 Å². The second-order valence-electron chi connectivity index (χ2n) is 28.0. The summed E-state index contributed by atoms with van der Waals surface area (Å²) in [6.45, 7) is 7.23. The summed E-state index contributed by atoms with van der Waals surface area (Å²) in [5.41, 5.74) is 0. The first kappa shape index (κ1) is 94.1. The van der Waals surface area contributed by atoms with Crippen LogP contribution in [0.25, 0.3) is 0 Å². The molecule has 0 radical (unpaired) electrons. The maximum atomic E-state index is 13.1. The molecule has 570 valence electrons. The summed E-state index contributed by atoms with van der Waals surface area (Å²) in [5.74, 6) is -1.40. The molecule has 0 amide bonds. The molecule has 0 aliphatic heterocycles. The summed E-state index contributed by atoms with van der Waals surface area (Å²) < 4.78 is 68.5. The molecule has 0 saturated heterocycles. The van der Waals surface area contributed by atoms with Gasteiger partial charge in [0.05, 0.1) is 26.4 Å². The molecule has 0 fully saturated rings. The fourth-order valence-corrected chi connectivity index (χ4v) is 13.4. The quantitative estimate of drug-likeness (QED) is 0.0222. The predicted octanol–water partition coefficient (Wildman–Crippen LogP) is 22.9. The van der Waals surface area contributed by atoms with Crippen molar-refractivity contribution < 1.29 is 80.2 Å². The molecular formula is C77H150O17P2. The molecule has 0 spiro atoms. The van der Waals surface area contributed by atoms with Crippen LogP contribution >= 0.6 is 15.6 Å². The second kappa shape index (κ2) is 70.1. The van der Waals surface area contributed by atoms with E-state index in [-0.39, 0.29) is 25.7 Å². The van der Waals surface area contributed by atoms with Gasteiger partial charge in [-0.05, 0) is 31.6 Å². The largest absolute Gasteiger partial charge is 0.472 e. The van der Waals surface area contributed by atoms with E-state index in [1.165, 1.54) is 231 Å². The Balaban J connectivity index is 5.19. The fourth-order valence-electron chi connectivity index (χ4n) is 11.8. The van der Waals surface area contributed by atoms with Gasteiger partial charge in [-0.3, -0.25) is 37.3 Å². The number of rotatable bonds is 77. The van der Waals surface area contributed by atoms with Crippen molar-refractivity contribution in [2.45, 2.75) is 425 Å². The molecule has 0 heterocycles. The topological polar surface area (TPSA) is 237 Å². The van der Waals surface area contributed by atoms with Gasteiger partial charge < -0.3 is 33.8 Å². The third-order valence-electron chi connectivity index (χ3n) is 18.4. The van der Waals surface area contributed by atoms with E-state index in [0.29, 0.717) is 25.7 Å². The molecule has 3 unspecified atom stereocenters. The molecule has 0 aromatic rings. The number of carbonyl (C=O) groups is 4. The number of carbonyl (C=O) groups excluding carboxylic acids is 4. The number of phosphoric acid groups is 2. The number of aliphatic hydroxyl groups excluding tert-OH is 1. The van der Waals surface area contributed by atoms with E-state index in [4.69, 9.17) is 37.0 Å². The minimum Gasteiger partial charge on any atom is -0.462 e. The molecule has 19 heteroatoms. The van der Waals surface area contributed by atoms with Gasteiger partial charge in [0.25, 0.3) is 0 Å². The number of aliphatic hydroxyl groups is 1. The van der Waals surface area contributed by atoms with Crippen LogP contribution in [-0.4, -0.2) is 96.7 Å². The molecule has 6 atom stereocenters. The van der Waals surface area contributed by atoms with Gasteiger partial charge in [0.15, 0.2) is 12.2 Å². The van der Waals surface area contributed by atoms with Crippen molar-refractivity contribution in [3.8, 4) is 0 Å². The van der Waals surface area contributed by atoms with Crippen molar-refractivity contribution in [1.29, 1.82) is 0 Å². The van der Waals surface area contributed by atoms with E-state index in [1.54, 1.807) is 0 Å². The lowest BCUT2D eigenvalue weighted by Crippen LogP contribution is -2.30. The summed E-state index contributed by atoms with van der Waals surface area (Å²) in [6, 6.07) is 0. The molecule has 0 saturated carbocycles. The predicted molar refractivity (Wildman–Crippen MR) is 391 cm³/mol. The van der Waals surface area contributed by atoms with Crippen molar-refractivity contribution >= 4 is 39.5 Å². The molecule has 96 heavy (non-hydrogen) atoms. The molecular weight excluding hydrogens is 1260 g/mol. The van der Waals surface area contributed by atoms with Crippen molar-refractivity contribution in [3.63, 3.8) is 0 Å². The monoisotopic (exact) mass is 1410 g/mol. The van der Waals surface area contributed by atoms with Crippen LogP contribution in [0, 0.1) is 5.92 Å². The van der Waals surface area contributed by atoms with Crippen LogP contribution < -0.4 is 0 Å². The summed E-state index contributed by atoms with van der Waals surface area (Å²) in [4.78, 5) is 72.7. The Morgan fingerprint density at radius 1 is 0.292 bits per heavy atom. The molecule has 0 rings (SSSR count). The van der Waals surface area contributed by atoms with Crippen molar-refractivity contribution in [1.82, 2.24) is 0 Å². The average molecular weight is 1410 g/mol. The molecule has 0 aliphatic rings. The Morgan fingerprint density at radius 3 is 0.740 bits per heavy atom. The van der Waals surface area contributed by atoms with Crippen molar-refractivity contribution in [2.75, 3.05) is 39.6 Å². The molecule has 0 aliphatic carbocycles. The lowest BCUT2D eigenvalue weighted by atomic mass is 10.00. The zero-order valence-electron chi connectivity index (χ0n) is 62.5. The van der Waals surface area contributed by atoms with E-state index < -0.39 is 97.5 Å². The van der Waals surface area contributed by atoms with Crippen LogP contribution in [0.3, 0.4) is 0 Å². The van der Waals surface area contributed by atoms with Crippen LogP contribution in [0.1, 0.15) is 407 Å². The summed E-state index contributed by atoms with van der Waals surface area (Å²) in [5, 5.41) is 10.6. The third-order valence-corrected chi connectivity index (χ3v) is 20.3. The Morgan fingerprint density at radius 2 is 0.500 bits per heavy atom. The maximum Gasteiger partial charge on any atom is 0.472 e. The maximum absolute atomic E-state index is 13.1. The van der Waals surface area contributed by atoms with Crippen LogP contribution in [0.15, 0.2) is 0 Å². The Labute approximate surface area is 588 Å². The Hall–Kier alpha value is -1.94. The Kier molecular flexibility index (Phi) is 68.7. The lowest BCUT2D eigenvalue weighted by Gasteiger charge is -2.21. The molecule has 0 bridgehead atoms. The number of hydrogen-bond donors (Lipinski definition) is 3. The zero-order chi connectivity index (χ0) is 70.5. The number of ether oxygens (including phenoxy) is 4.